The molecule has 0 radical (unpaired) electrons. The quantitative estimate of drug-likeness (QED) is 0.0612. The third-order valence-corrected chi connectivity index (χ3v) is 8.64. The molecule has 0 aromatic carbocycles. The van der Waals surface area contributed by atoms with Gasteiger partial charge in [-0.15, -0.1) is 0 Å². The van der Waals surface area contributed by atoms with Gasteiger partial charge in [0.25, 0.3) is 0 Å². The van der Waals surface area contributed by atoms with Crippen LogP contribution in [-0.4, -0.2) is 74.5 Å². The molecule has 0 bridgehead atoms. The fourth-order valence-corrected chi connectivity index (χ4v) is 5.28. The van der Waals surface area contributed by atoms with Crippen molar-refractivity contribution < 1.29 is 53.9 Å². The van der Waals surface area contributed by atoms with Gasteiger partial charge in [-0.2, -0.15) is 0 Å². The highest BCUT2D eigenvalue weighted by Crippen LogP contribution is 2.26. The van der Waals surface area contributed by atoms with E-state index in [1.54, 1.807) is 19.9 Å². The summed E-state index contributed by atoms with van der Waals surface area (Å²) in [5.74, 6) is -4.57. The number of hydrogen-bond acceptors (Lipinski definition) is 10. The first kappa shape index (κ1) is 39.9. The lowest BCUT2D eigenvalue weighted by Crippen LogP contribution is -2.36. The van der Waals surface area contributed by atoms with Gasteiger partial charge in [0.2, 0.25) is 0 Å². The molecular weight excluding hydrogens is 584 g/mol. The fourth-order valence-electron chi connectivity index (χ4n) is 5.28. The monoisotopic (exact) mass is 636 g/mol. The first-order valence-corrected chi connectivity index (χ1v) is 15.8. The van der Waals surface area contributed by atoms with Crippen LogP contribution in [0.4, 0.5) is 0 Å². The van der Waals surface area contributed by atoms with E-state index in [-0.39, 0.29) is 23.4 Å². The van der Waals surface area contributed by atoms with Crippen LogP contribution in [0.25, 0.3) is 0 Å². The molecule has 0 aromatic heterocycles. The molecule has 0 spiro atoms. The van der Waals surface area contributed by atoms with Crippen LogP contribution >= 0.6 is 0 Å². The Morgan fingerprint density at radius 1 is 0.867 bits per heavy atom. The van der Waals surface area contributed by atoms with Gasteiger partial charge in [-0.05, 0) is 64.2 Å². The number of aliphatic hydroxyl groups excluding tert-OH is 3. The van der Waals surface area contributed by atoms with Gasteiger partial charge in [0, 0.05) is 29.9 Å². The van der Waals surface area contributed by atoms with E-state index in [9.17, 15) is 39.3 Å². The topological polar surface area (TPSA) is 185 Å². The molecule has 0 unspecified atom stereocenters. The summed E-state index contributed by atoms with van der Waals surface area (Å²) in [5, 5.41) is 40.4. The van der Waals surface area contributed by atoms with Crippen LogP contribution in [0.15, 0.2) is 34.9 Å². The highest BCUT2D eigenvalue weighted by atomic mass is 16.6. The number of rotatable bonds is 21. The smallest absolute Gasteiger partial charge is 0.345 e. The number of Topliss-reactive ketones (excluding diaryl/α,β-unsaturated/α-hetero) is 1. The number of aliphatic hydroxyl groups is 3. The minimum atomic E-state index is -1.58. The summed E-state index contributed by atoms with van der Waals surface area (Å²) in [5.41, 5.74) is 0.629. The molecule has 8 atom stereocenters. The second-order valence-corrected chi connectivity index (χ2v) is 12.5. The van der Waals surface area contributed by atoms with E-state index in [4.69, 9.17) is 9.84 Å². The van der Waals surface area contributed by atoms with Crippen molar-refractivity contribution in [3.05, 3.63) is 34.9 Å². The molecule has 1 rings (SSSR count). The third kappa shape index (κ3) is 13.8. The van der Waals surface area contributed by atoms with Crippen LogP contribution in [0.2, 0.25) is 0 Å². The minimum Gasteiger partial charge on any atom is -0.478 e. The largest absolute Gasteiger partial charge is 0.478 e. The van der Waals surface area contributed by atoms with Crippen LogP contribution in [-0.2, 0) is 33.4 Å². The van der Waals surface area contributed by atoms with Crippen molar-refractivity contribution in [1.29, 1.82) is 0 Å². The van der Waals surface area contributed by atoms with E-state index in [0.29, 0.717) is 18.3 Å². The Morgan fingerprint density at radius 3 is 2.04 bits per heavy atom. The predicted octanol–water partition coefficient (Wildman–Crippen LogP) is 4.22. The van der Waals surface area contributed by atoms with Crippen molar-refractivity contribution in [3.8, 4) is 0 Å². The second kappa shape index (κ2) is 19.4. The van der Waals surface area contributed by atoms with Crippen LogP contribution in [0, 0.1) is 23.7 Å². The van der Waals surface area contributed by atoms with Gasteiger partial charge in [0.1, 0.15) is 11.9 Å². The number of carboxylic acid groups (broad SMARTS) is 1. The lowest BCUT2D eigenvalue weighted by molar-refractivity contribution is -0.154. The maximum absolute atomic E-state index is 12.8. The van der Waals surface area contributed by atoms with Crippen molar-refractivity contribution in [1.82, 2.24) is 0 Å². The summed E-state index contributed by atoms with van der Waals surface area (Å²) >= 11 is 0. The molecular formula is C34H52O11. The summed E-state index contributed by atoms with van der Waals surface area (Å²) in [6, 6.07) is 0. The number of carbonyl (C=O) groups excluding carboxylic acids is 4. The Morgan fingerprint density at radius 2 is 1.49 bits per heavy atom. The van der Waals surface area contributed by atoms with Gasteiger partial charge >= 0.3 is 23.9 Å². The molecule has 0 aromatic rings. The van der Waals surface area contributed by atoms with Gasteiger partial charge in [0.15, 0.2) is 0 Å². The van der Waals surface area contributed by atoms with Gasteiger partial charge in [-0.3, -0.25) is 9.59 Å². The van der Waals surface area contributed by atoms with E-state index >= 15 is 0 Å². The minimum absolute atomic E-state index is 0.0737. The highest BCUT2D eigenvalue weighted by Gasteiger charge is 2.36. The van der Waals surface area contributed by atoms with Crippen molar-refractivity contribution >= 4 is 29.7 Å². The second-order valence-electron chi connectivity index (χ2n) is 12.5. The molecule has 254 valence electrons. The summed E-state index contributed by atoms with van der Waals surface area (Å²) in [7, 11) is 0. The summed E-state index contributed by atoms with van der Waals surface area (Å²) in [6.07, 6.45) is 4.33. The number of hydrogen-bond donors (Lipinski definition) is 4. The first-order chi connectivity index (χ1) is 21.0. The Balaban J connectivity index is 2.48. The predicted molar refractivity (Wildman–Crippen MR) is 167 cm³/mol. The van der Waals surface area contributed by atoms with Crippen molar-refractivity contribution in [2.24, 2.45) is 23.7 Å². The van der Waals surface area contributed by atoms with Gasteiger partial charge in [-0.1, -0.05) is 52.3 Å². The number of carboxylic acids is 1. The maximum Gasteiger partial charge on any atom is 0.345 e. The maximum atomic E-state index is 12.8. The zero-order chi connectivity index (χ0) is 34.4. The summed E-state index contributed by atoms with van der Waals surface area (Å²) in [4.78, 5) is 59.1. The molecule has 0 saturated carbocycles. The Labute approximate surface area is 266 Å². The molecule has 1 aliphatic rings. The Kier molecular flexibility index (Phi) is 17.2. The average Bonchev–Trinajstić information content (AvgIpc) is 3.22. The average molecular weight is 637 g/mol. The van der Waals surface area contributed by atoms with Crippen molar-refractivity contribution in [3.63, 3.8) is 0 Å². The molecule has 4 N–H and O–H groups in total. The number of cyclic esters (lactones) is 2. The fraction of sp³-hybridized carbons (Fsp3) is 0.676. The van der Waals surface area contributed by atoms with E-state index in [0.717, 1.165) is 43.8 Å². The molecule has 11 heteroatoms. The number of ketones is 1. The van der Waals surface area contributed by atoms with E-state index < -0.39 is 66.5 Å². The lowest BCUT2D eigenvalue weighted by Gasteiger charge is -2.27. The highest BCUT2D eigenvalue weighted by molar-refractivity contribution is 6.12. The standard InChI is InChI=1S/C34H52O11/c1-8-25(13-15-30(39)40)11-9-10-19(2)16-20(3)12-14-26(35)22(5)28(37)17-27(36)21(4)24(7)44-31(41)18-29(38)32-23(6)33(42)45-34(32)43/h11,13,15,19-22,24,26-27,29,35-36,38H,8-10,12,14,16-18H2,1-7H3,(H,39,40)/t19-,20-,21+,22-,24+,26-,27+,29+/m0/s1. The molecule has 0 fully saturated rings. The van der Waals surface area contributed by atoms with E-state index in [1.807, 2.05) is 6.92 Å². The van der Waals surface area contributed by atoms with Crippen LogP contribution in [0.5, 0.6) is 0 Å². The van der Waals surface area contributed by atoms with Crippen LogP contribution in [0.1, 0.15) is 99.8 Å². The van der Waals surface area contributed by atoms with E-state index in [1.165, 1.54) is 13.8 Å². The lowest BCUT2D eigenvalue weighted by atomic mass is 9.85. The number of carbonyl (C=O) groups is 5. The molecule has 1 aliphatic heterocycles. The third-order valence-electron chi connectivity index (χ3n) is 8.64. The Bertz CT molecular complexity index is 1130. The first-order valence-electron chi connectivity index (χ1n) is 15.8. The molecule has 1 heterocycles. The number of ether oxygens (including phenoxy) is 2. The molecule has 0 amide bonds. The van der Waals surface area contributed by atoms with Crippen LogP contribution in [0.3, 0.4) is 0 Å². The SMILES string of the molecule is CCC(C=CC(=O)O)=CCC[C@H](C)C[C@@H](C)CC[C@H](O)[C@H](C)C(=O)C[C@@H](O)[C@H](C)[C@@H](C)OC(=O)C[C@@H](O)C1=C(C)C(=O)OC1=O. The number of esters is 3. The van der Waals surface area contributed by atoms with Gasteiger partial charge < -0.3 is 29.9 Å². The normalized spacial score (nSPS) is 19.5. The summed E-state index contributed by atoms with van der Waals surface area (Å²) < 4.78 is 9.73. The number of aliphatic carboxylic acids is 1. The summed E-state index contributed by atoms with van der Waals surface area (Å²) in [6.45, 7) is 12.4. The van der Waals surface area contributed by atoms with Gasteiger partial charge in [0.05, 0.1) is 30.3 Å². The van der Waals surface area contributed by atoms with Gasteiger partial charge in [-0.25, -0.2) is 14.4 Å². The molecule has 0 saturated heterocycles. The van der Waals surface area contributed by atoms with E-state index in [2.05, 4.69) is 24.7 Å². The number of allylic oxidation sites excluding steroid dienone is 3. The van der Waals surface area contributed by atoms with Crippen molar-refractivity contribution in [2.45, 2.75) is 124 Å². The molecule has 0 aliphatic carbocycles. The van der Waals surface area contributed by atoms with Crippen molar-refractivity contribution in [2.75, 3.05) is 0 Å². The zero-order valence-electron chi connectivity index (χ0n) is 27.7. The molecule has 11 nitrogen and oxygen atoms in total. The zero-order valence-corrected chi connectivity index (χ0v) is 27.7. The molecule has 45 heavy (non-hydrogen) atoms. The Hall–Kier alpha value is -3.15. The van der Waals surface area contributed by atoms with Crippen LogP contribution < -0.4 is 0 Å².